The molecule has 0 spiro atoms. The van der Waals surface area contributed by atoms with Crippen LogP contribution in [0.3, 0.4) is 0 Å². The van der Waals surface area contributed by atoms with Crippen LogP contribution in [-0.2, 0) is 16.1 Å². The minimum Gasteiger partial charge on any atom is -0.497 e. The predicted octanol–water partition coefficient (Wildman–Crippen LogP) is 2.75. The monoisotopic (exact) mass is 454 g/mol. The SMILES string of the molecule is COc1ccc(CN(C(=O)c2ccc(OCC(=O)N3CCOCC3)c(OC)c2)C2CC2)cc1. The minimum atomic E-state index is -0.0973. The largest absolute Gasteiger partial charge is 0.497 e. The van der Waals surface area contributed by atoms with Crippen molar-refractivity contribution in [2.75, 3.05) is 47.1 Å². The Balaban J connectivity index is 1.43. The fraction of sp³-hybridized carbons (Fsp3) is 0.440. The average Bonchev–Trinajstić information content (AvgIpc) is 3.71. The molecule has 8 nitrogen and oxygen atoms in total. The Bertz CT molecular complexity index is 967. The van der Waals surface area contributed by atoms with Crippen molar-refractivity contribution in [3.63, 3.8) is 0 Å². The van der Waals surface area contributed by atoms with Gasteiger partial charge in [0.05, 0.1) is 27.4 Å². The van der Waals surface area contributed by atoms with Gasteiger partial charge in [-0.15, -0.1) is 0 Å². The lowest BCUT2D eigenvalue weighted by molar-refractivity contribution is -0.137. The zero-order chi connectivity index (χ0) is 23.2. The minimum absolute atomic E-state index is 0.0532. The number of morpholine rings is 1. The van der Waals surface area contributed by atoms with Gasteiger partial charge >= 0.3 is 0 Å². The van der Waals surface area contributed by atoms with Crippen molar-refractivity contribution >= 4 is 11.8 Å². The van der Waals surface area contributed by atoms with Crippen molar-refractivity contribution in [2.45, 2.75) is 25.4 Å². The smallest absolute Gasteiger partial charge is 0.260 e. The molecule has 0 bridgehead atoms. The number of benzene rings is 2. The predicted molar refractivity (Wildman–Crippen MR) is 122 cm³/mol. The van der Waals surface area contributed by atoms with Crippen molar-refractivity contribution in [3.8, 4) is 17.2 Å². The van der Waals surface area contributed by atoms with Gasteiger partial charge in [-0.2, -0.15) is 0 Å². The average molecular weight is 455 g/mol. The van der Waals surface area contributed by atoms with Crippen molar-refractivity contribution < 1.29 is 28.5 Å². The van der Waals surface area contributed by atoms with E-state index in [1.54, 1.807) is 30.2 Å². The second-order valence-electron chi connectivity index (χ2n) is 8.16. The van der Waals surface area contributed by atoms with Gasteiger partial charge in [-0.25, -0.2) is 0 Å². The maximum Gasteiger partial charge on any atom is 0.260 e. The molecule has 176 valence electrons. The fourth-order valence-electron chi connectivity index (χ4n) is 3.81. The van der Waals surface area contributed by atoms with Crippen LogP contribution in [0.5, 0.6) is 17.2 Å². The number of amides is 2. The molecule has 1 heterocycles. The van der Waals surface area contributed by atoms with Gasteiger partial charge in [-0.3, -0.25) is 9.59 Å². The van der Waals surface area contributed by atoms with Crippen LogP contribution < -0.4 is 14.2 Å². The third-order valence-electron chi connectivity index (χ3n) is 5.89. The lowest BCUT2D eigenvalue weighted by atomic mass is 10.1. The molecule has 0 atom stereocenters. The highest BCUT2D eigenvalue weighted by Crippen LogP contribution is 2.33. The molecule has 4 rings (SSSR count). The number of ether oxygens (including phenoxy) is 4. The number of methoxy groups -OCH3 is 2. The molecule has 2 aromatic rings. The molecule has 0 aromatic heterocycles. The summed E-state index contributed by atoms with van der Waals surface area (Å²) in [7, 11) is 3.16. The Labute approximate surface area is 194 Å². The van der Waals surface area contributed by atoms with Crippen molar-refractivity contribution in [1.29, 1.82) is 0 Å². The zero-order valence-corrected chi connectivity index (χ0v) is 19.1. The van der Waals surface area contributed by atoms with Gasteiger partial charge < -0.3 is 28.7 Å². The highest BCUT2D eigenvalue weighted by Gasteiger charge is 2.33. The first kappa shape index (κ1) is 22.9. The number of hydrogen-bond donors (Lipinski definition) is 0. The molecule has 2 amide bonds. The Kier molecular flexibility index (Phi) is 7.34. The number of nitrogens with zero attached hydrogens (tertiary/aromatic N) is 2. The van der Waals surface area contributed by atoms with Gasteiger partial charge in [0.15, 0.2) is 18.1 Å². The van der Waals surface area contributed by atoms with Crippen LogP contribution in [-0.4, -0.2) is 74.8 Å². The Morgan fingerprint density at radius 1 is 1.00 bits per heavy atom. The fourth-order valence-corrected chi connectivity index (χ4v) is 3.81. The molecule has 2 aromatic carbocycles. The summed E-state index contributed by atoms with van der Waals surface area (Å²) >= 11 is 0. The van der Waals surface area contributed by atoms with E-state index < -0.39 is 0 Å². The molecule has 1 saturated carbocycles. The Hall–Kier alpha value is -3.26. The molecule has 0 unspecified atom stereocenters. The topological polar surface area (TPSA) is 77.5 Å². The Morgan fingerprint density at radius 2 is 1.73 bits per heavy atom. The van der Waals surface area contributed by atoms with Gasteiger partial charge in [0.2, 0.25) is 0 Å². The van der Waals surface area contributed by atoms with Gasteiger partial charge in [0.1, 0.15) is 5.75 Å². The quantitative estimate of drug-likeness (QED) is 0.580. The van der Waals surface area contributed by atoms with E-state index in [9.17, 15) is 9.59 Å². The number of carbonyl (C=O) groups excluding carboxylic acids is 2. The van der Waals surface area contributed by atoms with E-state index in [0.29, 0.717) is 49.9 Å². The molecule has 0 N–H and O–H groups in total. The van der Waals surface area contributed by atoms with E-state index in [2.05, 4.69) is 0 Å². The van der Waals surface area contributed by atoms with E-state index in [-0.39, 0.29) is 24.5 Å². The second-order valence-corrected chi connectivity index (χ2v) is 8.16. The van der Waals surface area contributed by atoms with Crippen LogP contribution in [0.25, 0.3) is 0 Å². The van der Waals surface area contributed by atoms with Gasteiger partial charge in [0, 0.05) is 31.2 Å². The number of hydrogen-bond acceptors (Lipinski definition) is 6. The summed E-state index contributed by atoms with van der Waals surface area (Å²) in [4.78, 5) is 29.3. The van der Waals surface area contributed by atoms with Gasteiger partial charge in [0.25, 0.3) is 11.8 Å². The molecule has 33 heavy (non-hydrogen) atoms. The summed E-state index contributed by atoms with van der Waals surface area (Å²) in [5.74, 6) is 1.50. The van der Waals surface area contributed by atoms with Crippen LogP contribution in [0.4, 0.5) is 0 Å². The summed E-state index contributed by atoms with van der Waals surface area (Å²) in [5, 5.41) is 0. The normalized spacial score (nSPS) is 15.6. The summed E-state index contributed by atoms with van der Waals surface area (Å²) in [6.45, 7) is 2.66. The van der Waals surface area contributed by atoms with E-state index >= 15 is 0 Å². The third kappa shape index (κ3) is 5.76. The first-order chi connectivity index (χ1) is 16.1. The maximum absolute atomic E-state index is 13.3. The molecular formula is C25H30N2O6. The van der Waals surface area contributed by atoms with Gasteiger partial charge in [-0.05, 0) is 48.7 Å². The Morgan fingerprint density at radius 3 is 2.36 bits per heavy atom. The van der Waals surface area contributed by atoms with Crippen LogP contribution in [0.2, 0.25) is 0 Å². The van der Waals surface area contributed by atoms with E-state index in [4.69, 9.17) is 18.9 Å². The maximum atomic E-state index is 13.3. The lowest BCUT2D eigenvalue weighted by Gasteiger charge is -2.27. The summed E-state index contributed by atoms with van der Waals surface area (Å²) in [5.41, 5.74) is 1.57. The molecule has 8 heteroatoms. The summed E-state index contributed by atoms with van der Waals surface area (Å²) in [6.07, 6.45) is 2.01. The van der Waals surface area contributed by atoms with Crippen LogP contribution >= 0.6 is 0 Å². The molecule has 2 fully saturated rings. The van der Waals surface area contributed by atoms with E-state index in [0.717, 1.165) is 24.2 Å². The standard InChI is InChI=1S/C25H30N2O6/c1-30-21-8-3-18(4-9-21)16-27(20-6-7-20)25(29)19-5-10-22(23(15-19)31-2)33-17-24(28)26-11-13-32-14-12-26/h3-5,8-10,15,20H,6-7,11-14,16-17H2,1-2H3. The van der Waals surface area contributed by atoms with E-state index in [1.807, 2.05) is 29.2 Å². The van der Waals surface area contributed by atoms with Crippen LogP contribution in [0.15, 0.2) is 42.5 Å². The molecule has 1 aliphatic heterocycles. The highest BCUT2D eigenvalue weighted by atomic mass is 16.5. The lowest BCUT2D eigenvalue weighted by Crippen LogP contribution is -2.43. The third-order valence-corrected chi connectivity index (χ3v) is 5.89. The molecule has 2 aliphatic rings. The molecular weight excluding hydrogens is 424 g/mol. The van der Waals surface area contributed by atoms with Crippen molar-refractivity contribution in [1.82, 2.24) is 9.80 Å². The molecule has 1 saturated heterocycles. The summed E-state index contributed by atoms with van der Waals surface area (Å²) in [6, 6.07) is 13.1. The van der Waals surface area contributed by atoms with Crippen LogP contribution in [0.1, 0.15) is 28.8 Å². The first-order valence-corrected chi connectivity index (χ1v) is 11.2. The van der Waals surface area contributed by atoms with Crippen LogP contribution in [0, 0.1) is 0 Å². The first-order valence-electron chi connectivity index (χ1n) is 11.2. The van der Waals surface area contributed by atoms with Crippen molar-refractivity contribution in [3.05, 3.63) is 53.6 Å². The number of rotatable bonds is 9. The van der Waals surface area contributed by atoms with E-state index in [1.165, 1.54) is 7.11 Å². The highest BCUT2D eigenvalue weighted by molar-refractivity contribution is 5.95. The molecule has 1 aliphatic carbocycles. The van der Waals surface area contributed by atoms with Gasteiger partial charge in [-0.1, -0.05) is 12.1 Å². The summed E-state index contributed by atoms with van der Waals surface area (Å²) < 4.78 is 21.7. The van der Waals surface area contributed by atoms with Crippen molar-refractivity contribution in [2.24, 2.45) is 0 Å². The zero-order valence-electron chi connectivity index (χ0n) is 19.1. The second kappa shape index (κ2) is 10.6. The molecule has 0 radical (unpaired) electrons. The number of carbonyl (C=O) groups is 2.